The maximum atomic E-state index is 12.4. The second-order valence-corrected chi connectivity index (χ2v) is 8.74. The first kappa shape index (κ1) is 18.6. The third-order valence-corrected chi connectivity index (χ3v) is 6.55. The highest BCUT2D eigenvalue weighted by molar-refractivity contribution is 7.89. The Hall–Kier alpha value is -2.71. The summed E-state index contributed by atoms with van der Waals surface area (Å²) in [5, 5.41) is 7.52. The molecule has 0 amide bonds. The van der Waals surface area contributed by atoms with Crippen molar-refractivity contribution in [2.24, 2.45) is 5.92 Å². The van der Waals surface area contributed by atoms with E-state index in [2.05, 4.69) is 24.8 Å². The first-order valence-corrected chi connectivity index (χ1v) is 10.9. The molecule has 1 saturated heterocycles. The van der Waals surface area contributed by atoms with E-state index in [1.54, 1.807) is 36.7 Å². The maximum Gasteiger partial charge on any atom is 0.240 e. The van der Waals surface area contributed by atoms with Crippen molar-refractivity contribution in [2.75, 3.05) is 24.5 Å². The summed E-state index contributed by atoms with van der Waals surface area (Å²) in [6.07, 6.45) is 5.37. The minimum absolute atomic E-state index is 0.313. The molecule has 0 bridgehead atoms. The Balaban J connectivity index is 1.31. The molecule has 146 valence electrons. The number of hydrogen-bond donors (Lipinski definition) is 2. The first-order chi connectivity index (χ1) is 13.6. The zero-order valence-electron chi connectivity index (χ0n) is 15.5. The summed E-state index contributed by atoms with van der Waals surface area (Å²) >= 11 is 0. The Labute approximate surface area is 164 Å². The number of sulfonamides is 1. The summed E-state index contributed by atoms with van der Waals surface area (Å²) in [4.78, 5) is 6.59. The average Bonchev–Trinajstić information content (AvgIpc) is 3.24. The molecule has 8 heteroatoms. The number of aromatic amines is 1. The molecule has 1 fully saturated rings. The fraction of sp³-hybridized carbons (Fsp3) is 0.300. The number of pyridine rings is 1. The highest BCUT2D eigenvalue weighted by atomic mass is 32.2. The quantitative estimate of drug-likeness (QED) is 0.667. The van der Waals surface area contributed by atoms with Crippen molar-refractivity contribution in [1.82, 2.24) is 19.9 Å². The van der Waals surface area contributed by atoms with Gasteiger partial charge in [-0.2, -0.15) is 5.10 Å². The van der Waals surface area contributed by atoms with Gasteiger partial charge in [-0.15, -0.1) is 0 Å². The highest BCUT2D eigenvalue weighted by Gasteiger charge is 2.23. The van der Waals surface area contributed by atoms with Gasteiger partial charge in [-0.05, 0) is 43.0 Å². The van der Waals surface area contributed by atoms with Crippen LogP contribution >= 0.6 is 0 Å². The lowest BCUT2D eigenvalue weighted by Crippen LogP contribution is -2.38. The summed E-state index contributed by atoms with van der Waals surface area (Å²) in [5.74, 6) is 1.25. The van der Waals surface area contributed by atoms with E-state index in [1.807, 2.05) is 24.3 Å². The molecule has 0 aliphatic carbocycles. The van der Waals surface area contributed by atoms with Gasteiger partial charge < -0.3 is 4.90 Å². The Kier molecular flexibility index (Phi) is 5.40. The summed E-state index contributed by atoms with van der Waals surface area (Å²) in [5.41, 5.74) is 2.02. The molecule has 0 atom stereocenters. The molecule has 0 unspecified atom stereocenters. The summed E-state index contributed by atoms with van der Waals surface area (Å²) in [6.45, 7) is 2.19. The molecule has 0 saturated carbocycles. The van der Waals surface area contributed by atoms with Crippen molar-refractivity contribution in [3.8, 4) is 11.3 Å². The van der Waals surface area contributed by atoms with Crippen LogP contribution in [0.3, 0.4) is 0 Å². The number of aromatic nitrogens is 3. The first-order valence-electron chi connectivity index (χ1n) is 9.37. The lowest BCUT2D eigenvalue weighted by Gasteiger charge is -2.32. The predicted molar refractivity (Wildman–Crippen MR) is 108 cm³/mol. The molecule has 3 heterocycles. The van der Waals surface area contributed by atoms with Crippen LogP contribution < -0.4 is 9.62 Å². The number of H-pyrrole nitrogens is 1. The third-order valence-electron chi connectivity index (χ3n) is 5.11. The van der Waals surface area contributed by atoms with Crippen LogP contribution in [-0.2, 0) is 10.0 Å². The summed E-state index contributed by atoms with van der Waals surface area (Å²) < 4.78 is 27.5. The number of benzene rings is 1. The molecule has 0 spiro atoms. The van der Waals surface area contributed by atoms with Crippen LogP contribution in [0.15, 0.2) is 65.8 Å². The molecule has 1 aliphatic rings. The van der Waals surface area contributed by atoms with Gasteiger partial charge in [-0.25, -0.2) is 13.1 Å². The molecule has 2 aromatic heterocycles. The Morgan fingerprint density at radius 2 is 1.79 bits per heavy atom. The normalized spacial score (nSPS) is 15.6. The second-order valence-electron chi connectivity index (χ2n) is 6.97. The van der Waals surface area contributed by atoms with E-state index >= 15 is 0 Å². The fourth-order valence-corrected chi connectivity index (χ4v) is 4.57. The van der Waals surface area contributed by atoms with E-state index in [0.717, 1.165) is 43.0 Å². The van der Waals surface area contributed by atoms with Gasteiger partial charge in [-0.3, -0.25) is 10.1 Å². The fourth-order valence-electron chi connectivity index (χ4n) is 3.43. The summed E-state index contributed by atoms with van der Waals surface area (Å²) in [6, 6.07) is 14.4. The van der Waals surface area contributed by atoms with Crippen molar-refractivity contribution < 1.29 is 8.42 Å². The molecule has 3 aromatic rings. The molecule has 1 aliphatic heterocycles. The van der Waals surface area contributed by atoms with Gasteiger partial charge in [0.15, 0.2) is 5.82 Å². The molecular weight excluding hydrogens is 374 g/mol. The molecular formula is C20H23N5O2S. The number of anilines is 1. The zero-order valence-corrected chi connectivity index (χ0v) is 16.3. The number of nitrogens with zero attached hydrogens (tertiary/aromatic N) is 3. The number of rotatable bonds is 6. The SMILES string of the molecule is O=S(=O)(NCC1CCN(c2cc(-c3ccncc3)[nH]n2)CC1)c1ccccc1. The Morgan fingerprint density at radius 1 is 1.07 bits per heavy atom. The van der Waals surface area contributed by atoms with Gasteiger partial charge in [0.2, 0.25) is 10.0 Å². The molecule has 2 N–H and O–H groups in total. The van der Waals surface area contributed by atoms with Gasteiger partial charge in [0, 0.05) is 43.7 Å². The van der Waals surface area contributed by atoms with Gasteiger partial charge in [0.25, 0.3) is 0 Å². The van der Waals surface area contributed by atoms with E-state index in [9.17, 15) is 8.42 Å². The molecule has 4 rings (SSSR count). The van der Waals surface area contributed by atoms with Crippen LogP contribution in [0.2, 0.25) is 0 Å². The van der Waals surface area contributed by atoms with Crippen molar-refractivity contribution in [3.05, 3.63) is 60.9 Å². The maximum absolute atomic E-state index is 12.4. The van der Waals surface area contributed by atoms with Crippen LogP contribution in [0.25, 0.3) is 11.3 Å². The molecule has 28 heavy (non-hydrogen) atoms. The van der Waals surface area contributed by atoms with Crippen LogP contribution in [0.5, 0.6) is 0 Å². The highest BCUT2D eigenvalue weighted by Crippen LogP contribution is 2.25. The zero-order chi connectivity index (χ0) is 19.4. The monoisotopic (exact) mass is 397 g/mol. The number of nitrogens with one attached hydrogen (secondary N) is 2. The van der Waals surface area contributed by atoms with E-state index in [4.69, 9.17) is 0 Å². The van der Waals surface area contributed by atoms with E-state index in [-0.39, 0.29) is 0 Å². The van der Waals surface area contributed by atoms with Crippen molar-refractivity contribution in [2.45, 2.75) is 17.7 Å². The van der Waals surface area contributed by atoms with Crippen LogP contribution in [0.1, 0.15) is 12.8 Å². The van der Waals surface area contributed by atoms with Crippen molar-refractivity contribution in [1.29, 1.82) is 0 Å². The summed E-state index contributed by atoms with van der Waals surface area (Å²) in [7, 11) is -3.44. The third kappa shape index (κ3) is 4.23. The second kappa shape index (κ2) is 8.12. The smallest absolute Gasteiger partial charge is 0.240 e. The number of piperidine rings is 1. The lowest BCUT2D eigenvalue weighted by molar-refractivity contribution is 0.400. The molecule has 0 radical (unpaired) electrons. The molecule has 7 nitrogen and oxygen atoms in total. The standard InChI is InChI=1S/C20H23N5O2S/c26-28(27,18-4-2-1-3-5-18)22-15-16-8-12-25(13-9-16)20-14-19(23-24-20)17-6-10-21-11-7-17/h1-7,10-11,14,16,22H,8-9,12-13,15H2,(H,23,24). The Morgan fingerprint density at radius 3 is 2.50 bits per heavy atom. The minimum Gasteiger partial charge on any atom is -0.355 e. The lowest BCUT2D eigenvalue weighted by atomic mass is 9.97. The van der Waals surface area contributed by atoms with Crippen molar-refractivity contribution in [3.63, 3.8) is 0 Å². The van der Waals surface area contributed by atoms with E-state index < -0.39 is 10.0 Å². The minimum atomic E-state index is -3.44. The van der Waals surface area contributed by atoms with E-state index in [0.29, 0.717) is 17.4 Å². The van der Waals surface area contributed by atoms with E-state index in [1.165, 1.54) is 0 Å². The van der Waals surface area contributed by atoms with Crippen LogP contribution in [-0.4, -0.2) is 43.2 Å². The van der Waals surface area contributed by atoms with Crippen LogP contribution in [0.4, 0.5) is 5.82 Å². The Bertz CT molecular complexity index is 997. The van der Waals surface area contributed by atoms with Gasteiger partial charge in [0.05, 0.1) is 10.6 Å². The van der Waals surface area contributed by atoms with Gasteiger partial charge in [0.1, 0.15) is 0 Å². The number of hydrogen-bond acceptors (Lipinski definition) is 5. The van der Waals surface area contributed by atoms with Gasteiger partial charge in [-0.1, -0.05) is 18.2 Å². The molecule has 1 aromatic carbocycles. The topological polar surface area (TPSA) is 91.0 Å². The van der Waals surface area contributed by atoms with Gasteiger partial charge >= 0.3 is 0 Å². The largest absolute Gasteiger partial charge is 0.355 e. The predicted octanol–water partition coefficient (Wildman–Crippen LogP) is 2.67. The van der Waals surface area contributed by atoms with Crippen LogP contribution in [0, 0.1) is 5.92 Å². The van der Waals surface area contributed by atoms with Crippen molar-refractivity contribution >= 4 is 15.8 Å². The average molecular weight is 398 g/mol.